The fourth-order valence-electron chi connectivity index (χ4n) is 2.67. The number of nitrogens with zero attached hydrogens (tertiary/aromatic N) is 1. The van der Waals surface area contributed by atoms with Gasteiger partial charge in [-0.25, -0.2) is 0 Å². The Labute approximate surface area is 162 Å². The van der Waals surface area contributed by atoms with Crippen molar-refractivity contribution in [2.45, 2.75) is 25.4 Å². The quantitative estimate of drug-likeness (QED) is 0.672. The molecule has 2 aromatic rings. The van der Waals surface area contributed by atoms with Gasteiger partial charge < -0.3 is 20.1 Å². The van der Waals surface area contributed by atoms with E-state index >= 15 is 0 Å². The molecular weight excluding hydrogens is 364 g/mol. The van der Waals surface area contributed by atoms with Gasteiger partial charge in [-0.15, -0.1) is 0 Å². The summed E-state index contributed by atoms with van der Waals surface area (Å²) in [5, 5.41) is 4.09. The average molecular weight is 386 g/mol. The third-order valence-corrected chi connectivity index (χ3v) is 4.91. The molecule has 1 saturated carbocycles. The van der Waals surface area contributed by atoms with E-state index in [0.717, 1.165) is 24.0 Å². The van der Waals surface area contributed by atoms with E-state index in [-0.39, 0.29) is 12.5 Å². The monoisotopic (exact) mass is 386 g/mol. The Balaban J connectivity index is 1.68. The molecule has 1 heterocycles. The summed E-state index contributed by atoms with van der Waals surface area (Å²) < 4.78 is 10.6. The van der Waals surface area contributed by atoms with Crippen LogP contribution in [0, 0.1) is 0 Å². The molecule has 0 aliphatic heterocycles. The van der Waals surface area contributed by atoms with Crippen LogP contribution >= 0.6 is 11.3 Å². The lowest BCUT2D eigenvalue weighted by Crippen LogP contribution is -2.30. The SMILES string of the molecule is COc1cc(/C=C/C(=O)N(Cc2ccsc2)C2CC2)ccc1OCC(N)=O. The van der Waals surface area contributed by atoms with Crippen molar-refractivity contribution in [2.75, 3.05) is 13.7 Å². The standard InChI is InChI=1S/C20H22N2O4S/c1-25-18-10-14(2-6-17(18)26-12-19(21)23)3-7-20(24)22(16-4-5-16)11-15-8-9-27-13-15/h2-3,6-10,13,16H,4-5,11-12H2,1H3,(H2,21,23)/b7-3+. The summed E-state index contributed by atoms with van der Waals surface area (Å²) in [7, 11) is 1.51. The topological polar surface area (TPSA) is 81.9 Å². The predicted molar refractivity (Wildman–Crippen MR) is 105 cm³/mol. The first-order valence-electron chi connectivity index (χ1n) is 8.65. The lowest BCUT2D eigenvalue weighted by Gasteiger charge is -2.20. The average Bonchev–Trinajstić information content (AvgIpc) is 3.38. The zero-order valence-corrected chi connectivity index (χ0v) is 15.9. The molecule has 27 heavy (non-hydrogen) atoms. The molecule has 2 N–H and O–H groups in total. The Morgan fingerprint density at radius 2 is 2.11 bits per heavy atom. The molecule has 0 radical (unpaired) electrons. The van der Waals surface area contributed by atoms with Crippen LogP contribution in [0.3, 0.4) is 0 Å². The molecular formula is C20H22N2O4S. The molecule has 6 nitrogen and oxygen atoms in total. The number of ether oxygens (including phenoxy) is 2. The van der Waals surface area contributed by atoms with E-state index < -0.39 is 5.91 Å². The van der Waals surface area contributed by atoms with Gasteiger partial charge in [0, 0.05) is 18.7 Å². The second-order valence-electron chi connectivity index (χ2n) is 6.33. The minimum Gasteiger partial charge on any atom is -0.493 e. The van der Waals surface area contributed by atoms with Gasteiger partial charge in [-0.3, -0.25) is 9.59 Å². The van der Waals surface area contributed by atoms with Gasteiger partial charge in [0.15, 0.2) is 18.1 Å². The number of nitrogens with two attached hydrogens (primary N) is 1. The summed E-state index contributed by atoms with van der Waals surface area (Å²) in [5.74, 6) is 0.342. The van der Waals surface area contributed by atoms with Gasteiger partial charge in [-0.1, -0.05) is 6.07 Å². The lowest BCUT2D eigenvalue weighted by molar-refractivity contribution is -0.127. The number of primary amides is 1. The zero-order chi connectivity index (χ0) is 19.2. The largest absolute Gasteiger partial charge is 0.493 e. The Morgan fingerprint density at radius 1 is 1.30 bits per heavy atom. The van der Waals surface area contributed by atoms with Crippen LogP contribution in [-0.4, -0.2) is 36.5 Å². The minimum atomic E-state index is -0.558. The Morgan fingerprint density at radius 3 is 2.74 bits per heavy atom. The van der Waals surface area contributed by atoms with E-state index in [1.165, 1.54) is 7.11 Å². The summed E-state index contributed by atoms with van der Waals surface area (Å²) in [6.07, 6.45) is 5.46. The smallest absolute Gasteiger partial charge is 0.255 e. The van der Waals surface area contributed by atoms with E-state index in [1.54, 1.807) is 41.7 Å². The third-order valence-electron chi connectivity index (χ3n) is 4.18. The Bertz CT molecular complexity index is 829. The van der Waals surface area contributed by atoms with E-state index in [9.17, 15) is 9.59 Å². The minimum absolute atomic E-state index is 0.00304. The number of thiophene rings is 1. The molecule has 0 unspecified atom stereocenters. The maximum Gasteiger partial charge on any atom is 0.255 e. The van der Waals surface area contributed by atoms with Crippen molar-refractivity contribution in [3.05, 3.63) is 52.2 Å². The molecule has 1 fully saturated rings. The second-order valence-corrected chi connectivity index (χ2v) is 7.11. The molecule has 0 spiro atoms. The first kappa shape index (κ1) is 19.0. The number of hydrogen-bond donors (Lipinski definition) is 1. The van der Waals surface area contributed by atoms with Gasteiger partial charge in [-0.05, 0) is 59.0 Å². The van der Waals surface area contributed by atoms with Gasteiger partial charge in [-0.2, -0.15) is 11.3 Å². The summed E-state index contributed by atoms with van der Waals surface area (Å²) in [4.78, 5) is 25.4. The van der Waals surface area contributed by atoms with Gasteiger partial charge >= 0.3 is 0 Å². The van der Waals surface area contributed by atoms with Crippen molar-refractivity contribution < 1.29 is 19.1 Å². The Kier molecular flexibility index (Phi) is 6.13. The van der Waals surface area contributed by atoms with Gasteiger partial charge in [0.2, 0.25) is 5.91 Å². The van der Waals surface area contributed by atoms with Crippen LogP contribution in [0.5, 0.6) is 11.5 Å². The van der Waals surface area contributed by atoms with Crippen molar-refractivity contribution in [2.24, 2.45) is 5.73 Å². The highest BCUT2D eigenvalue weighted by Gasteiger charge is 2.31. The number of benzene rings is 1. The molecule has 2 amide bonds. The van der Waals surface area contributed by atoms with Crippen molar-refractivity contribution in [1.82, 2.24) is 4.90 Å². The van der Waals surface area contributed by atoms with E-state index in [2.05, 4.69) is 5.38 Å². The summed E-state index contributed by atoms with van der Waals surface area (Å²) >= 11 is 1.64. The van der Waals surface area contributed by atoms with Gasteiger partial charge in [0.05, 0.1) is 7.11 Å². The van der Waals surface area contributed by atoms with Gasteiger partial charge in [0.25, 0.3) is 5.91 Å². The molecule has 1 aromatic carbocycles. The number of carbonyl (C=O) groups is 2. The molecule has 1 aromatic heterocycles. The molecule has 1 aliphatic carbocycles. The van der Waals surface area contributed by atoms with Crippen LogP contribution in [-0.2, 0) is 16.1 Å². The fourth-order valence-corrected chi connectivity index (χ4v) is 3.33. The van der Waals surface area contributed by atoms with E-state index in [1.807, 2.05) is 16.3 Å². The number of amides is 2. The van der Waals surface area contributed by atoms with Crippen LogP contribution < -0.4 is 15.2 Å². The molecule has 0 atom stereocenters. The second kappa shape index (κ2) is 8.73. The highest BCUT2D eigenvalue weighted by molar-refractivity contribution is 7.07. The first-order valence-corrected chi connectivity index (χ1v) is 9.60. The normalized spacial score (nSPS) is 13.5. The number of hydrogen-bond acceptors (Lipinski definition) is 5. The van der Waals surface area contributed by atoms with E-state index in [4.69, 9.17) is 15.2 Å². The van der Waals surface area contributed by atoms with Crippen molar-refractivity contribution in [1.29, 1.82) is 0 Å². The predicted octanol–water partition coefficient (Wildman–Crippen LogP) is 2.83. The maximum atomic E-state index is 12.7. The summed E-state index contributed by atoms with van der Waals surface area (Å²) in [6.45, 7) is 0.420. The van der Waals surface area contributed by atoms with Crippen LogP contribution in [0.2, 0.25) is 0 Å². The number of rotatable bonds is 9. The fraction of sp³-hybridized carbons (Fsp3) is 0.300. The molecule has 3 rings (SSSR count). The lowest BCUT2D eigenvalue weighted by atomic mass is 10.2. The molecule has 142 valence electrons. The summed E-state index contributed by atoms with van der Waals surface area (Å²) in [5.41, 5.74) is 7.05. The van der Waals surface area contributed by atoms with Crippen LogP contribution in [0.1, 0.15) is 24.0 Å². The molecule has 0 saturated heterocycles. The number of methoxy groups -OCH3 is 1. The first-order chi connectivity index (χ1) is 13.1. The van der Waals surface area contributed by atoms with Crippen LogP contribution in [0.15, 0.2) is 41.1 Å². The van der Waals surface area contributed by atoms with Crippen molar-refractivity contribution in [3.63, 3.8) is 0 Å². The summed E-state index contributed by atoms with van der Waals surface area (Å²) in [6, 6.07) is 7.62. The zero-order valence-electron chi connectivity index (χ0n) is 15.1. The third kappa shape index (κ3) is 5.34. The van der Waals surface area contributed by atoms with E-state index in [0.29, 0.717) is 24.1 Å². The van der Waals surface area contributed by atoms with Gasteiger partial charge in [0.1, 0.15) is 0 Å². The number of carbonyl (C=O) groups excluding carboxylic acids is 2. The highest BCUT2D eigenvalue weighted by Crippen LogP contribution is 2.30. The maximum absolute atomic E-state index is 12.7. The molecule has 7 heteroatoms. The van der Waals surface area contributed by atoms with Crippen molar-refractivity contribution >= 4 is 29.2 Å². The highest BCUT2D eigenvalue weighted by atomic mass is 32.1. The Hall–Kier alpha value is -2.80. The van der Waals surface area contributed by atoms with Crippen LogP contribution in [0.25, 0.3) is 6.08 Å². The van der Waals surface area contributed by atoms with Crippen LogP contribution in [0.4, 0.5) is 0 Å². The molecule has 1 aliphatic rings. The van der Waals surface area contributed by atoms with Crippen molar-refractivity contribution in [3.8, 4) is 11.5 Å². The molecule has 0 bridgehead atoms.